The maximum absolute atomic E-state index is 14.0. The first-order valence-corrected chi connectivity index (χ1v) is 15.5. The van der Waals surface area contributed by atoms with Crippen LogP contribution in [0.4, 0.5) is 17.1 Å². The average molecular weight is 577 g/mol. The highest BCUT2D eigenvalue weighted by molar-refractivity contribution is 6.22. The fourth-order valence-electron chi connectivity index (χ4n) is 7.09. The minimum absolute atomic E-state index is 0.0667. The van der Waals surface area contributed by atoms with E-state index in [-0.39, 0.29) is 47.3 Å². The van der Waals surface area contributed by atoms with Gasteiger partial charge in [-0.1, -0.05) is 74.4 Å². The van der Waals surface area contributed by atoms with Crippen LogP contribution in [0.5, 0.6) is 5.75 Å². The van der Waals surface area contributed by atoms with Crippen molar-refractivity contribution in [3.05, 3.63) is 101 Å². The van der Waals surface area contributed by atoms with Crippen LogP contribution in [0.2, 0.25) is 0 Å². The SMILES string of the molecule is CC/C(=C\c1ccccc1O)CC[C@H]1OC[C@H]2C1=C(C(C)C)C[C@H]1C(=O)N(c3ccc(Nc4ccccc4)cc3)C(=O)[C@H]12. The monoisotopic (exact) mass is 576 g/mol. The Kier molecular flexibility index (Phi) is 8.22. The third kappa shape index (κ3) is 5.64. The molecule has 0 spiro atoms. The Labute approximate surface area is 254 Å². The van der Waals surface area contributed by atoms with E-state index in [0.717, 1.165) is 36.2 Å². The summed E-state index contributed by atoms with van der Waals surface area (Å²) in [5.41, 5.74) is 7.09. The number of rotatable bonds is 9. The fourth-order valence-corrected chi connectivity index (χ4v) is 7.09. The van der Waals surface area contributed by atoms with Gasteiger partial charge in [0.05, 0.1) is 30.2 Å². The number of allylic oxidation sites excluding steroid dienone is 2. The molecule has 2 fully saturated rings. The first-order valence-electron chi connectivity index (χ1n) is 15.5. The van der Waals surface area contributed by atoms with Gasteiger partial charge >= 0.3 is 0 Å². The second-order valence-corrected chi connectivity index (χ2v) is 12.2. The van der Waals surface area contributed by atoms with Crippen molar-refractivity contribution < 1.29 is 19.4 Å². The number of benzene rings is 3. The fraction of sp³-hybridized carbons (Fsp3) is 0.351. The lowest BCUT2D eigenvalue weighted by molar-refractivity contribution is -0.122. The number of ether oxygens (including phenoxy) is 1. The van der Waals surface area contributed by atoms with Gasteiger partial charge in [0, 0.05) is 22.9 Å². The maximum atomic E-state index is 14.0. The zero-order valence-corrected chi connectivity index (χ0v) is 25.1. The number of imide groups is 1. The van der Waals surface area contributed by atoms with Crippen LogP contribution in [0.3, 0.4) is 0 Å². The van der Waals surface area contributed by atoms with E-state index in [4.69, 9.17) is 4.74 Å². The van der Waals surface area contributed by atoms with E-state index >= 15 is 0 Å². The van der Waals surface area contributed by atoms with Crippen molar-refractivity contribution in [1.29, 1.82) is 0 Å². The number of fused-ring (bicyclic) bond motifs is 3. The normalized spacial score (nSPS) is 23.6. The Morgan fingerprint density at radius 2 is 1.65 bits per heavy atom. The number of carbonyl (C=O) groups excluding carboxylic acids is 2. The summed E-state index contributed by atoms with van der Waals surface area (Å²) in [6, 6.07) is 24.8. The summed E-state index contributed by atoms with van der Waals surface area (Å²) in [6.07, 6.45) is 5.16. The van der Waals surface area contributed by atoms with E-state index in [2.05, 4.69) is 32.2 Å². The first kappa shape index (κ1) is 28.9. The highest BCUT2D eigenvalue weighted by Gasteiger charge is 2.57. The number of nitrogens with zero attached hydrogens (tertiary/aromatic N) is 1. The highest BCUT2D eigenvalue weighted by Crippen LogP contribution is 2.52. The van der Waals surface area contributed by atoms with E-state index in [0.29, 0.717) is 18.7 Å². The van der Waals surface area contributed by atoms with Crippen molar-refractivity contribution in [3.63, 3.8) is 0 Å². The lowest BCUT2D eigenvalue weighted by Crippen LogP contribution is -2.35. The molecule has 2 aliphatic heterocycles. The van der Waals surface area contributed by atoms with Crippen LogP contribution in [-0.2, 0) is 14.3 Å². The van der Waals surface area contributed by atoms with E-state index < -0.39 is 0 Å². The van der Waals surface area contributed by atoms with Gasteiger partial charge in [0.25, 0.3) is 0 Å². The van der Waals surface area contributed by atoms with Gasteiger partial charge in [-0.05, 0) is 79.6 Å². The number of phenols is 1. The van der Waals surface area contributed by atoms with Crippen molar-refractivity contribution in [2.45, 2.75) is 52.6 Å². The van der Waals surface area contributed by atoms with Gasteiger partial charge in [-0.3, -0.25) is 14.5 Å². The zero-order valence-electron chi connectivity index (χ0n) is 25.1. The Morgan fingerprint density at radius 3 is 2.35 bits per heavy atom. The van der Waals surface area contributed by atoms with Crippen molar-refractivity contribution in [3.8, 4) is 5.75 Å². The van der Waals surface area contributed by atoms with Gasteiger partial charge in [-0.2, -0.15) is 0 Å². The van der Waals surface area contributed by atoms with Crippen LogP contribution in [0.25, 0.3) is 6.08 Å². The van der Waals surface area contributed by atoms with E-state index in [1.54, 1.807) is 6.07 Å². The molecule has 3 aliphatic rings. The van der Waals surface area contributed by atoms with Gasteiger partial charge in [-0.15, -0.1) is 0 Å². The molecule has 6 heteroatoms. The Hall–Kier alpha value is -4.16. The lowest BCUT2D eigenvalue weighted by Gasteiger charge is -2.33. The lowest BCUT2D eigenvalue weighted by atomic mass is 9.67. The second kappa shape index (κ2) is 12.2. The molecule has 0 unspecified atom stereocenters. The van der Waals surface area contributed by atoms with Gasteiger partial charge in [-0.25, -0.2) is 0 Å². The molecule has 2 saturated heterocycles. The molecule has 0 saturated carbocycles. The molecule has 4 atom stereocenters. The Bertz CT molecular complexity index is 1560. The van der Waals surface area contributed by atoms with E-state index in [9.17, 15) is 14.7 Å². The molecule has 3 aromatic rings. The van der Waals surface area contributed by atoms with Crippen LogP contribution in [-0.4, -0.2) is 29.6 Å². The van der Waals surface area contributed by atoms with Crippen LogP contribution < -0.4 is 10.2 Å². The third-order valence-electron chi connectivity index (χ3n) is 9.31. The summed E-state index contributed by atoms with van der Waals surface area (Å²) in [5, 5.41) is 13.6. The number of para-hydroxylation sites is 2. The minimum Gasteiger partial charge on any atom is -0.507 e. The topological polar surface area (TPSA) is 78.9 Å². The summed E-state index contributed by atoms with van der Waals surface area (Å²) in [4.78, 5) is 29.2. The number of aromatic hydroxyl groups is 1. The van der Waals surface area contributed by atoms with Gasteiger partial charge < -0.3 is 15.2 Å². The molecule has 0 aromatic heterocycles. The van der Waals surface area contributed by atoms with Crippen LogP contribution in [0.1, 0.15) is 52.0 Å². The Balaban J connectivity index is 1.21. The molecule has 43 heavy (non-hydrogen) atoms. The summed E-state index contributed by atoms with van der Waals surface area (Å²) in [6.45, 7) is 6.97. The van der Waals surface area contributed by atoms with Crippen LogP contribution in [0.15, 0.2) is 95.6 Å². The highest BCUT2D eigenvalue weighted by atomic mass is 16.5. The molecule has 2 N–H and O–H groups in total. The first-order chi connectivity index (χ1) is 20.9. The second-order valence-electron chi connectivity index (χ2n) is 12.2. The molecule has 0 bridgehead atoms. The minimum atomic E-state index is -0.389. The standard InChI is InChI=1S/C37H40N2O4/c1-4-24(20-25-10-8-9-13-32(25)40)14-19-33-34-29(23(2)3)21-30-35(31(34)22-43-33)37(42)39(36(30)41)28-17-15-27(16-18-28)38-26-11-6-5-7-12-26/h5-13,15-18,20,23,30-31,33,35,38,40H,4,14,19,21-22H2,1-3H3/b24-20+/t30-,31+,33-,35-/m1/s1. The number of anilines is 3. The molecule has 6 nitrogen and oxygen atoms in total. The average Bonchev–Trinajstić information content (AvgIpc) is 3.54. The number of nitrogens with one attached hydrogen (secondary N) is 1. The summed E-state index contributed by atoms with van der Waals surface area (Å²) >= 11 is 0. The van der Waals surface area contributed by atoms with Gasteiger partial charge in [0.15, 0.2) is 0 Å². The zero-order chi connectivity index (χ0) is 30.1. The number of phenolic OH excluding ortho intramolecular Hbond substituents is 1. The summed E-state index contributed by atoms with van der Waals surface area (Å²) in [5.74, 6) is -0.473. The smallest absolute Gasteiger partial charge is 0.238 e. The van der Waals surface area contributed by atoms with Crippen molar-refractivity contribution in [1.82, 2.24) is 0 Å². The number of hydrogen-bond donors (Lipinski definition) is 2. The van der Waals surface area contributed by atoms with E-state index in [1.165, 1.54) is 21.6 Å². The molecular formula is C37H40N2O4. The van der Waals surface area contributed by atoms with Crippen LogP contribution in [0, 0.1) is 23.7 Å². The van der Waals surface area contributed by atoms with Gasteiger partial charge in [0.2, 0.25) is 11.8 Å². The van der Waals surface area contributed by atoms with Crippen molar-refractivity contribution >= 4 is 35.0 Å². The molecular weight excluding hydrogens is 536 g/mol. The van der Waals surface area contributed by atoms with Crippen LogP contribution >= 0.6 is 0 Å². The van der Waals surface area contributed by atoms with Crippen molar-refractivity contribution in [2.24, 2.45) is 23.7 Å². The third-order valence-corrected chi connectivity index (χ3v) is 9.31. The molecule has 0 radical (unpaired) electrons. The number of amides is 2. The molecule has 2 amide bonds. The maximum Gasteiger partial charge on any atom is 0.238 e. The molecule has 2 heterocycles. The molecule has 222 valence electrons. The summed E-state index contributed by atoms with van der Waals surface area (Å²) in [7, 11) is 0. The molecule has 6 rings (SSSR count). The predicted molar refractivity (Wildman–Crippen MR) is 171 cm³/mol. The summed E-state index contributed by atoms with van der Waals surface area (Å²) < 4.78 is 6.43. The van der Waals surface area contributed by atoms with Crippen molar-refractivity contribution in [2.75, 3.05) is 16.8 Å². The largest absolute Gasteiger partial charge is 0.507 e. The Morgan fingerprint density at radius 1 is 0.953 bits per heavy atom. The van der Waals surface area contributed by atoms with Gasteiger partial charge in [0.1, 0.15) is 5.75 Å². The quantitative estimate of drug-likeness (QED) is 0.200. The number of carbonyl (C=O) groups is 2. The molecule has 1 aliphatic carbocycles. The molecule has 3 aromatic carbocycles. The predicted octanol–water partition coefficient (Wildman–Crippen LogP) is 7.89. The number of hydrogen-bond acceptors (Lipinski definition) is 5. The van der Waals surface area contributed by atoms with E-state index in [1.807, 2.05) is 72.8 Å².